The first-order valence-corrected chi connectivity index (χ1v) is 11.6. The highest BCUT2D eigenvalue weighted by Crippen LogP contribution is 2.39. The third kappa shape index (κ3) is 5.68. The summed E-state index contributed by atoms with van der Waals surface area (Å²) in [6.45, 7) is 8.75. The first-order valence-electron chi connectivity index (χ1n) is 11.2. The summed E-state index contributed by atoms with van der Waals surface area (Å²) in [6.07, 6.45) is 2.70. The second-order valence-corrected chi connectivity index (χ2v) is 8.86. The third-order valence-corrected chi connectivity index (χ3v) is 6.25. The Morgan fingerprint density at radius 2 is 2.16 bits per heavy atom. The van der Waals surface area contributed by atoms with Crippen LogP contribution in [0.2, 0.25) is 5.02 Å². The number of anilines is 1. The van der Waals surface area contributed by atoms with Crippen LogP contribution in [-0.2, 0) is 9.53 Å². The maximum Gasteiger partial charge on any atom is 0.268 e. The molecule has 9 heteroatoms. The van der Waals surface area contributed by atoms with Gasteiger partial charge in [-0.25, -0.2) is 0 Å². The van der Waals surface area contributed by atoms with E-state index in [1.165, 1.54) is 0 Å². The molecule has 1 fully saturated rings. The number of benzene rings is 1. The van der Waals surface area contributed by atoms with Gasteiger partial charge in [0.1, 0.15) is 5.75 Å². The first-order chi connectivity index (χ1) is 14.9. The summed E-state index contributed by atoms with van der Waals surface area (Å²) in [4.78, 5) is 30.2. The lowest BCUT2D eigenvalue weighted by atomic mass is 10.0. The van der Waals surface area contributed by atoms with Gasteiger partial charge in [-0.3, -0.25) is 9.59 Å². The predicted molar refractivity (Wildman–Crippen MR) is 129 cm³/mol. The SMILES string of the molecule is CCC1Oc2cc(Cl)c(C(=O)N(C(C)C)[C@@H]3CCCNC3)cc2N(CCCOC)C1=O.Cl. The number of hydrogen-bond acceptors (Lipinski definition) is 5. The molecule has 2 aliphatic rings. The number of hydrogen-bond donors (Lipinski definition) is 1. The zero-order chi connectivity index (χ0) is 22.5. The lowest BCUT2D eigenvalue weighted by Gasteiger charge is -2.38. The maximum absolute atomic E-state index is 13.6. The van der Waals surface area contributed by atoms with Crippen molar-refractivity contribution >= 4 is 41.5 Å². The molecule has 1 saturated heterocycles. The van der Waals surface area contributed by atoms with Crippen molar-refractivity contribution in [1.29, 1.82) is 0 Å². The summed E-state index contributed by atoms with van der Waals surface area (Å²) in [6, 6.07) is 3.56. The molecule has 0 spiro atoms. The Bertz CT molecular complexity index is 800. The zero-order valence-corrected chi connectivity index (χ0v) is 20.9. The number of halogens is 2. The number of ether oxygens (including phenoxy) is 2. The normalized spacial score (nSPS) is 20.4. The van der Waals surface area contributed by atoms with Crippen LogP contribution in [0, 0.1) is 0 Å². The second-order valence-electron chi connectivity index (χ2n) is 8.46. The number of nitrogens with zero attached hydrogens (tertiary/aromatic N) is 2. The molecule has 32 heavy (non-hydrogen) atoms. The molecule has 7 nitrogen and oxygen atoms in total. The summed E-state index contributed by atoms with van der Waals surface area (Å²) in [5.41, 5.74) is 1.01. The smallest absolute Gasteiger partial charge is 0.268 e. The molecular formula is C23H35Cl2N3O4. The van der Waals surface area contributed by atoms with Gasteiger partial charge in [-0.15, -0.1) is 12.4 Å². The third-order valence-electron chi connectivity index (χ3n) is 5.94. The molecule has 1 aromatic rings. The lowest BCUT2D eigenvalue weighted by molar-refractivity contribution is -0.126. The molecule has 1 N–H and O–H groups in total. The van der Waals surface area contributed by atoms with E-state index in [1.807, 2.05) is 25.7 Å². The Balaban J connectivity index is 0.00000363. The quantitative estimate of drug-likeness (QED) is 0.562. The molecule has 180 valence electrons. The summed E-state index contributed by atoms with van der Waals surface area (Å²) >= 11 is 6.58. The lowest BCUT2D eigenvalue weighted by Crippen LogP contribution is -2.51. The van der Waals surface area contributed by atoms with Gasteiger partial charge in [-0.2, -0.15) is 0 Å². The van der Waals surface area contributed by atoms with Crippen LogP contribution in [0.25, 0.3) is 0 Å². The number of rotatable bonds is 8. The average Bonchev–Trinajstić information content (AvgIpc) is 2.75. The molecule has 2 aliphatic heterocycles. The number of carbonyl (C=O) groups excluding carboxylic acids is 2. The van der Waals surface area contributed by atoms with Crippen LogP contribution in [0.15, 0.2) is 12.1 Å². The molecule has 1 unspecified atom stereocenters. The van der Waals surface area contributed by atoms with Crippen molar-refractivity contribution < 1.29 is 19.1 Å². The van der Waals surface area contributed by atoms with E-state index in [1.54, 1.807) is 24.1 Å². The number of piperidine rings is 1. The van der Waals surface area contributed by atoms with E-state index in [2.05, 4.69) is 5.32 Å². The van der Waals surface area contributed by atoms with Gasteiger partial charge in [-0.1, -0.05) is 18.5 Å². The van der Waals surface area contributed by atoms with E-state index in [9.17, 15) is 9.59 Å². The van der Waals surface area contributed by atoms with E-state index in [-0.39, 0.29) is 36.3 Å². The van der Waals surface area contributed by atoms with Crippen molar-refractivity contribution in [2.24, 2.45) is 0 Å². The van der Waals surface area contributed by atoms with Crippen molar-refractivity contribution in [3.63, 3.8) is 0 Å². The molecule has 3 rings (SSSR count). The highest BCUT2D eigenvalue weighted by atomic mass is 35.5. The van der Waals surface area contributed by atoms with Crippen molar-refractivity contribution in [3.05, 3.63) is 22.7 Å². The van der Waals surface area contributed by atoms with Crippen molar-refractivity contribution in [2.75, 3.05) is 38.3 Å². The number of fused-ring (bicyclic) bond motifs is 1. The summed E-state index contributed by atoms with van der Waals surface area (Å²) in [5.74, 6) is 0.336. The van der Waals surface area contributed by atoms with Gasteiger partial charge in [0.2, 0.25) is 0 Å². The predicted octanol–water partition coefficient (Wildman–Crippen LogP) is 3.90. The van der Waals surface area contributed by atoms with E-state index in [4.69, 9.17) is 21.1 Å². The number of amides is 2. The van der Waals surface area contributed by atoms with Crippen LogP contribution >= 0.6 is 24.0 Å². The number of nitrogens with one attached hydrogen (secondary N) is 1. The van der Waals surface area contributed by atoms with Gasteiger partial charge in [0.25, 0.3) is 11.8 Å². The van der Waals surface area contributed by atoms with Gasteiger partial charge in [0.15, 0.2) is 6.10 Å². The van der Waals surface area contributed by atoms with Crippen LogP contribution in [-0.4, -0.2) is 68.3 Å². The van der Waals surface area contributed by atoms with Gasteiger partial charge in [0, 0.05) is 45.0 Å². The highest BCUT2D eigenvalue weighted by molar-refractivity contribution is 6.34. The maximum atomic E-state index is 13.6. The molecule has 2 amide bonds. The Hall–Kier alpha value is -1.54. The summed E-state index contributed by atoms with van der Waals surface area (Å²) < 4.78 is 11.1. The van der Waals surface area contributed by atoms with Crippen LogP contribution in [0.3, 0.4) is 0 Å². The minimum Gasteiger partial charge on any atom is -0.478 e. The fourth-order valence-electron chi connectivity index (χ4n) is 4.40. The van der Waals surface area contributed by atoms with Crippen LogP contribution in [0.1, 0.15) is 56.8 Å². The summed E-state index contributed by atoms with van der Waals surface area (Å²) in [7, 11) is 1.64. The van der Waals surface area contributed by atoms with Crippen LogP contribution in [0.5, 0.6) is 5.75 Å². The van der Waals surface area contributed by atoms with Crippen molar-refractivity contribution in [3.8, 4) is 5.75 Å². The fraction of sp³-hybridized carbons (Fsp3) is 0.652. The van der Waals surface area contributed by atoms with E-state index in [0.717, 1.165) is 25.9 Å². The van der Waals surface area contributed by atoms with Crippen molar-refractivity contribution in [2.45, 2.75) is 64.6 Å². The van der Waals surface area contributed by atoms with Gasteiger partial charge in [-0.05, 0) is 52.1 Å². The second kappa shape index (κ2) is 12.1. The molecule has 0 bridgehead atoms. The Morgan fingerprint density at radius 1 is 1.41 bits per heavy atom. The topological polar surface area (TPSA) is 71.1 Å². The van der Waals surface area contributed by atoms with Crippen molar-refractivity contribution in [1.82, 2.24) is 10.2 Å². The van der Waals surface area contributed by atoms with Gasteiger partial charge in [0.05, 0.1) is 16.3 Å². The fourth-order valence-corrected chi connectivity index (χ4v) is 4.63. The molecule has 0 aliphatic carbocycles. The Morgan fingerprint density at radius 3 is 2.75 bits per heavy atom. The van der Waals surface area contributed by atoms with Crippen LogP contribution in [0.4, 0.5) is 5.69 Å². The number of methoxy groups -OCH3 is 1. The van der Waals surface area contributed by atoms with E-state index >= 15 is 0 Å². The molecule has 0 saturated carbocycles. The average molecular weight is 488 g/mol. The zero-order valence-electron chi connectivity index (χ0n) is 19.4. The molecule has 2 atom stereocenters. The molecule has 1 aromatic carbocycles. The molecule has 2 heterocycles. The van der Waals surface area contributed by atoms with Gasteiger partial charge < -0.3 is 24.6 Å². The Kier molecular flexibility index (Phi) is 10.1. The van der Waals surface area contributed by atoms with E-state index in [0.29, 0.717) is 48.0 Å². The molecular weight excluding hydrogens is 453 g/mol. The summed E-state index contributed by atoms with van der Waals surface area (Å²) in [5, 5.41) is 3.73. The minimum atomic E-state index is -0.548. The minimum absolute atomic E-state index is 0. The standard InChI is InChI=1S/C23H34ClN3O4.ClH/c1-5-20-23(29)26(10-7-11-30-4)19-12-17(18(24)13-21(19)31-20)22(28)27(15(2)3)16-8-6-9-25-14-16;/h12-13,15-16,20,25H,5-11,14H2,1-4H3;1H/t16-,20?;/m1./s1. The van der Waals surface area contributed by atoms with Gasteiger partial charge >= 0.3 is 0 Å². The molecule has 0 aromatic heterocycles. The molecule has 0 radical (unpaired) electrons. The van der Waals surface area contributed by atoms with Crippen LogP contribution < -0.4 is 15.0 Å². The highest BCUT2D eigenvalue weighted by Gasteiger charge is 2.36. The monoisotopic (exact) mass is 487 g/mol. The Labute approximate surface area is 202 Å². The number of carbonyl (C=O) groups is 2. The first kappa shape index (κ1) is 26.7. The largest absolute Gasteiger partial charge is 0.478 e. The van der Waals surface area contributed by atoms with E-state index < -0.39 is 6.10 Å².